The van der Waals surface area contributed by atoms with Crippen molar-refractivity contribution in [1.82, 2.24) is 5.32 Å². The summed E-state index contributed by atoms with van der Waals surface area (Å²) in [5, 5.41) is 2.76. The van der Waals surface area contributed by atoms with Crippen molar-refractivity contribution in [3.63, 3.8) is 0 Å². The maximum Gasteiger partial charge on any atom is 0.227 e. The number of hydrogen-bond donors (Lipinski definition) is 1. The van der Waals surface area contributed by atoms with Gasteiger partial charge in [-0.2, -0.15) is 0 Å². The van der Waals surface area contributed by atoms with Gasteiger partial charge in [-0.05, 0) is 24.1 Å². The maximum atomic E-state index is 14.3. The van der Waals surface area contributed by atoms with E-state index >= 15 is 0 Å². The van der Waals surface area contributed by atoms with Crippen molar-refractivity contribution < 1.29 is 13.9 Å². The van der Waals surface area contributed by atoms with Crippen LogP contribution in [0, 0.1) is 5.82 Å². The van der Waals surface area contributed by atoms with E-state index in [0.717, 1.165) is 5.56 Å². The molecule has 0 aliphatic heterocycles. The standard InChI is InChI=1S/C18H20FNO2/c1-13(18(21)20-10-11-22-2)15-8-9-16(17(19)12-15)14-6-4-3-5-7-14/h3-9,12-13H,10-11H2,1-2H3,(H,20,21). The zero-order valence-corrected chi connectivity index (χ0v) is 12.8. The third kappa shape index (κ3) is 3.92. The Morgan fingerprint density at radius 1 is 1.23 bits per heavy atom. The first-order valence-electron chi connectivity index (χ1n) is 7.25. The molecular formula is C18H20FNO2. The van der Waals surface area contributed by atoms with Gasteiger partial charge < -0.3 is 10.1 Å². The molecule has 2 rings (SSSR count). The van der Waals surface area contributed by atoms with E-state index in [-0.39, 0.29) is 11.7 Å². The molecule has 4 heteroatoms. The number of carbonyl (C=O) groups is 1. The molecule has 1 atom stereocenters. The first-order chi connectivity index (χ1) is 10.6. The summed E-state index contributed by atoms with van der Waals surface area (Å²) in [6, 6.07) is 14.3. The number of rotatable bonds is 6. The Morgan fingerprint density at radius 3 is 2.59 bits per heavy atom. The molecule has 0 spiro atoms. The normalized spacial score (nSPS) is 12.0. The number of amides is 1. The average molecular weight is 301 g/mol. The van der Waals surface area contributed by atoms with Crippen LogP contribution in [-0.4, -0.2) is 26.2 Å². The number of halogens is 1. The Balaban J connectivity index is 2.13. The van der Waals surface area contributed by atoms with E-state index in [0.29, 0.717) is 24.3 Å². The van der Waals surface area contributed by atoms with Gasteiger partial charge >= 0.3 is 0 Å². The van der Waals surface area contributed by atoms with E-state index in [2.05, 4.69) is 5.32 Å². The largest absolute Gasteiger partial charge is 0.383 e. The van der Waals surface area contributed by atoms with Crippen molar-refractivity contribution >= 4 is 5.91 Å². The molecule has 0 bridgehead atoms. The first kappa shape index (κ1) is 16.2. The van der Waals surface area contributed by atoms with Crippen molar-refractivity contribution in [1.29, 1.82) is 0 Å². The Labute approximate surface area is 130 Å². The molecule has 1 N–H and O–H groups in total. The lowest BCUT2D eigenvalue weighted by Crippen LogP contribution is -2.30. The van der Waals surface area contributed by atoms with Crippen LogP contribution in [0.3, 0.4) is 0 Å². The quantitative estimate of drug-likeness (QED) is 0.831. The van der Waals surface area contributed by atoms with E-state index in [1.165, 1.54) is 6.07 Å². The smallest absolute Gasteiger partial charge is 0.227 e. The Hall–Kier alpha value is -2.20. The van der Waals surface area contributed by atoms with Crippen molar-refractivity contribution in [2.45, 2.75) is 12.8 Å². The van der Waals surface area contributed by atoms with Gasteiger partial charge in [0.25, 0.3) is 0 Å². The molecule has 2 aromatic carbocycles. The lowest BCUT2D eigenvalue weighted by molar-refractivity contribution is -0.122. The highest BCUT2D eigenvalue weighted by Crippen LogP contribution is 2.26. The van der Waals surface area contributed by atoms with Gasteiger partial charge in [0.1, 0.15) is 5.82 Å². The molecule has 3 nitrogen and oxygen atoms in total. The van der Waals surface area contributed by atoms with Crippen molar-refractivity contribution in [3.8, 4) is 11.1 Å². The SMILES string of the molecule is COCCNC(=O)C(C)c1ccc(-c2ccccc2)c(F)c1. The number of methoxy groups -OCH3 is 1. The first-order valence-corrected chi connectivity index (χ1v) is 7.25. The summed E-state index contributed by atoms with van der Waals surface area (Å²) in [6.45, 7) is 2.67. The molecule has 116 valence electrons. The van der Waals surface area contributed by atoms with Crippen LogP contribution in [0.15, 0.2) is 48.5 Å². The van der Waals surface area contributed by atoms with Crippen LogP contribution in [0.1, 0.15) is 18.4 Å². The molecule has 1 unspecified atom stereocenters. The Kier molecular flexibility index (Phi) is 5.67. The molecule has 0 aromatic heterocycles. The molecule has 0 saturated heterocycles. The fourth-order valence-corrected chi connectivity index (χ4v) is 2.23. The van der Waals surface area contributed by atoms with Crippen LogP contribution >= 0.6 is 0 Å². The third-order valence-electron chi connectivity index (χ3n) is 3.58. The van der Waals surface area contributed by atoms with Crippen LogP contribution in [-0.2, 0) is 9.53 Å². The Bertz CT molecular complexity index is 628. The summed E-state index contributed by atoms with van der Waals surface area (Å²) in [6.07, 6.45) is 0. The summed E-state index contributed by atoms with van der Waals surface area (Å²) < 4.78 is 19.2. The summed E-state index contributed by atoms with van der Waals surface area (Å²) in [7, 11) is 1.58. The molecule has 0 radical (unpaired) electrons. The van der Waals surface area contributed by atoms with Gasteiger partial charge in [0, 0.05) is 19.2 Å². The molecule has 1 amide bonds. The minimum absolute atomic E-state index is 0.135. The number of benzene rings is 2. The minimum atomic E-state index is -0.406. The summed E-state index contributed by atoms with van der Waals surface area (Å²) in [5.41, 5.74) is 2.02. The van der Waals surface area contributed by atoms with Crippen LogP contribution < -0.4 is 5.32 Å². The average Bonchev–Trinajstić information content (AvgIpc) is 2.55. The van der Waals surface area contributed by atoms with Crippen LogP contribution in [0.25, 0.3) is 11.1 Å². The number of hydrogen-bond acceptors (Lipinski definition) is 2. The highest BCUT2D eigenvalue weighted by Gasteiger charge is 2.16. The summed E-state index contributed by atoms with van der Waals surface area (Å²) >= 11 is 0. The zero-order chi connectivity index (χ0) is 15.9. The van der Waals surface area contributed by atoms with Gasteiger partial charge in [-0.1, -0.05) is 42.5 Å². The number of carbonyl (C=O) groups excluding carboxylic acids is 1. The van der Waals surface area contributed by atoms with Gasteiger partial charge in [0.2, 0.25) is 5.91 Å². The number of nitrogens with one attached hydrogen (secondary N) is 1. The van der Waals surface area contributed by atoms with Crippen molar-refractivity contribution in [2.75, 3.05) is 20.3 Å². The lowest BCUT2D eigenvalue weighted by atomic mass is 9.96. The fourth-order valence-electron chi connectivity index (χ4n) is 2.23. The molecule has 0 saturated carbocycles. The van der Waals surface area contributed by atoms with E-state index in [4.69, 9.17) is 4.74 Å². The minimum Gasteiger partial charge on any atom is -0.383 e. The van der Waals surface area contributed by atoms with Crippen molar-refractivity contribution in [2.24, 2.45) is 0 Å². The second kappa shape index (κ2) is 7.71. The predicted octanol–water partition coefficient (Wildman–Crippen LogP) is 3.36. The van der Waals surface area contributed by atoms with Gasteiger partial charge in [0.15, 0.2) is 0 Å². The van der Waals surface area contributed by atoms with Gasteiger partial charge in [-0.3, -0.25) is 4.79 Å². The fraction of sp³-hybridized carbons (Fsp3) is 0.278. The molecule has 0 aliphatic rings. The molecule has 0 fully saturated rings. The lowest BCUT2D eigenvalue weighted by Gasteiger charge is -2.13. The summed E-state index contributed by atoms with van der Waals surface area (Å²) in [5.74, 6) is -0.861. The van der Waals surface area contributed by atoms with Crippen LogP contribution in [0.2, 0.25) is 0 Å². The van der Waals surface area contributed by atoms with E-state index < -0.39 is 5.92 Å². The van der Waals surface area contributed by atoms with Gasteiger partial charge in [-0.15, -0.1) is 0 Å². The maximum absolute atomic E-state index is 14.3. The third-order valence-corrected chi connectivity index (χ3v) is 3.58. The molecular weight excluding hydrogens is 281 g/mol. The summed E-state index contributed by atoms with van der Waals surface area (Å²) in [4.78, 5) is 12.0. The number of ether oxygens (including phenoxy) is 1. The topological polar surface area (TPSA) is 38.3 Å². The van der Waals surface area contributed by atoms with Gasteiger partial charge in [0.05, 0.1) is 12.5 Å². The van der Waals surface area contributed by atoms with E-state index in [1.54, 1.807) is 26.2 Å². The zero-order valence-electron chi connectivity index (χ0n) is 12.8. The molecule has 0 aliphatic carbocycles. The molecule has 22 heavy (non-hydrogen) atoms. The van der Waals surface area contributed by atoms with Crippen LogP contribution in [0.4, 0.5) is 4.39 Å². The Morgan fingerprint density at radius 2 is 1.95 bits per heavy atom. The van der Waals surface area contributed by atoms with Crippen molar-refractivity contribution in [3.05, 3.63) is 59.9 Å². The molecule has 2 aromatic rings. The monoisotopic (exact) mass is 301 g/mol. The predicted molar refractivity (Wildman–Crippen MR) is 85.1 cm³/mol. The van der Waals surface area contributed by atoms with E-state index in [1.807, 2.05) is 30.3 Å². The van der Waals surface area contributed by atoms with Crippen LogP contribution in [0.5, 0.6) is 0 Å². The van der Waals surface area contributed by atoms with Gasteiger partial charge in [-0.25, -0.2) is 4.39 Å². The molecule has 0 heterocycles. The van der Waals surface area contributed by atoms with E-state index in [9.17, 15) is 9.18 Å². The highest BCUT2D eigenvalue weighted by molar-refractivity contribution is 5.83. The second-order valence-corrected chi connectivity index (χ2v) is 5.11. The second-order valence-electron chi connectivity index (χ2n) is 5.11. The highest BCUT2D eigenvalue weighted by atomic mass is 19.1.